The Morgan fingerprint density at radius 1 is 0.441 bits per heavy atom. The summed E-state index contributed by atoms with van der Waals surface area (Å²) in [5, 5.41) is 7.24. The quantitative estimate of drug-likeness (QED) is 0.150. The van der Waals surface area contributed by atoms with Gasteiger partial charge in [0.1, 0.15) is 0 Å². The maximum atomic E-state index is 5.64. The lowest BCUT2D eigenvalue weighted by Gasteiger charge is -2.18. The van der Waals surface area contributed by atoms with Crippen molar-refractivity contribution in [2.45, 2.75) is 105 Å². The van der Waals surface area contributed by atoms with Crippen LogP contribution >= 0.6 is 0 Å². The maximum absolute atomic E-state index is 5.64. The second-order valence-electron chi connectivity index (χ2n) is 10.6. The Morgan fingerprint density at radius 2 is 0.882 bits per heavy atom. The average Bonchev–Trinajstić information content (AvgIpc) is 2.79. The van der Waals surface area contributed by atoms with Crippen LogP contribution in [0.2, 0.25) is 0 Å². The van der Waals surface area contributed by atoms with E-state index in [0.717, 1.165) is 39.5 Å². The first kappa shape index (κ1) is 33.8. The molecule has 0 heterocycles. The normalized spacial score (nSPS) is 13.8. The van der Waals surface area contributed by atoms with Crippen molar-refractivity contribution in [3.05, 3.63) is 0 Å². The molecule has 6 nitrogen and oxygen atoms in total. The largest absolute Gasteiger partial charge is 0.381 e. The smallest absolute Gasteiger partial charge is 0.0701 e. The van der Waals surface area contributed by atoms with Gasteiger partial charge in [0.15, 0.2) is 0 Å². The lowest BCUT2D eigenvalue weighted by molar-refractivity contribution is 0.00987. The van der Waals surface area contributed by atoms with Gasteiger partial charge in [-0.25, -0.2) is 0 Å². The van der Waals surface area contributed by atoms with E-state index in [1.807, 2.05) is 0 Å². The van der Waals surface area contributed by atoms with E-state index < -0.39 is 0 Å². The summed E-state index contributed by atoms with van der Waals surface area (Å²) in [6, 6.07) is 1.10. The molecule has 6 heteroatoms. The van der Waals surface area contributed by atoms with Crippen LogP contribution in [0.1, 0.15) is 92.9 Å². The van der Waals surface area contributed by atoms with E-state index in [1.165, 1.54) is 51.4 Å². The van der Waals surface area contributed by atoms with Crippen LogP contribution in [0.3, 0.4) is 0 Å². The minimum atomic E-state index is 0.520. The van der Waals surface area contributed by atoms with Crippen LogP contribution in [0.25, 0.3) is 0 Å². The average molecular weight is 489 g/mol. The maximum Gasteiger partial charge on any atom is 0.0701 e. The van der Waals surface area contributed by atoms with Crippen molar-refractivity contribution in [3.63, 3.8) is 0 Å². The fraction of sp³-hybridized carbons (Fsp3) is 1.00. The van der Waals surface area contributed by atoms with Crippen molar-refractivity contribution in [3.8, 4) is 0 Å². The van der Waals surface area contributed by atoms with Crippen molar-refractivity contribution < 1.29 is 18.9 Å². The van der Waals surface area contributed by atoms with E-state index >= 15 is 0 Å². The van der Waals surface area contributed by atoms with Gasteiger partial charge in [0.05, 0.1) is 33.0 Å². The second-order valence-corrected chi connectivity index (χ2v) is 10.6. The Bertz CT molecular complexity index is 361. The summed E-state index contributed by atoms with van der Waals surface area (Å²) in [5.74, 6) is 1.23. The molecule has 0 rings (SSSR count). The molecular weight excluding hydrogens is 428 g/mol. The third kappa shape index (κ3) is 28.0. The van der Waals surface area contributed by atoms with Gasteiger partial charge in [-0.2, -0.15) is 0 Å². The molecule has 0 aliphatic heterocycles. The molecule has 2 N–H and O–H groups in total. The zero-order valence-electron chi connectivity index (χ0n) is 23.7. The molecule has 0 aromatic heterocycles. The number of rotatable bonds is 27. The second kappa shape index (κ2) is 25.8. The summed E-state index contributed by atoms with van der Waals surface area (Å²) in [5.41, 5.74) is 0. The van der Waals surface area contributed by atoms with Gasteiger partial charge in [-0.3, -0.25) is 0 Å². The van der Waals surface area contributed by atoms with Gasteiger partial charge < -0.3 is 29.6 Å². The van der Waals surface area contributed by atoms with Gasteiger partial charge in [-0.15, -0.1) is 0 Å². The molecule has 0 aromatic rings. The molecule has 206 valence electrons. The van der Waals surface area contributed by atoms with Gasteiger partial charge in [-0.05, 0) is 57.9 Å². The lowest BCUT2D eigenvalue weighted by Crippen LogP contribution is -2.33. The number of unbranched alkanes of at least 4 members (excludes halogenated alkanes) is 5. The minimum Gasteiger partial charge on any atom is -0.381 e. The minimum absolute atomic E-state index is 0.520. The molecule has 34 heavy (non-hydrogen) atoms. The number of ether oxygens (including phenoxy) is 4. The molecule has 0 saturated heterocycles. The topological polar surface area (TPSA) is 61.0 Å². The molecule has 0 radical (unpaired) electrons. The van der Waals surface area contributed by atoms with Crippen LogP contribution in [-0.2, 0) is 18.9 Å². The van der Waals surface area contributed by atoms with Crippen LogP contribution in [0.4, 0.5) is 0 Å². The van der Waals surface area contributed by atoms with Gasteiger partial charge in [0.25, 0.3) is 0 Å². The Morgan fingerprint density at radius 3 is 1.47 bits per heavy atom. The van der Waals surface area contributed by atoms with E-state index in [1.54, 1.807) is 0 Å². The van der Waals surface area contributed by atoms with Crippen LogP contribution in [0.5, 0.6) is 0 Å². The molecule has 0 aliphatic rings. The van der Waals surface area contributed by atoms with Gasteiger partial charge in [0.2, 0.25) is 0 Å². The van der Waals surface area contributed by atoms with Crippen LogP contribution < -0.4 is 10.6 Å². The fourth-order valence-electron chi connectivity index (χ4n) is 3.54. The monoisotopic (exact) mass is 488 g/mol. The van der Waals surface area contributed by atoms with Gasteiger partial charge in [-0.1, -0.05) is 53.4 Å². The molecule has 0 amide bonds. The highest BCUT2D eigenvalue weighted by molar-refractivity contribution is 4.67. The van der Waals surface area contributed by atoms with Crippen LogP contribution in [-0.4, -0.2) is 78.0 Å². The fourth-order valence-corrected chi connectivity index (χ4v) is 3.54. The van der Waals surface area contributed by atoms with Crippen LogP contribution in [0.15, 0.2) is 0 Å². The number of hydrogen-bond acceptors (Lipinski definition) is 6. The zero-order valence-corrected chi connectivity index (χ0v) is 23.7. The van der Waals surface area contributed by atoms with Crippen molar-refractivity contribution in [2.75, 3.05) is 65.9 Å². The summed E-state index contributed by atoms with van der Waals surface area (Å²) in [4.78, 5) is 0. The van der Waals surface area contributed by atoms with E-state index in [4.69, 9.17) is 18.9 Å². The molecular formula is C28H60N2O4. The van der Waals surface area contributed by atoms with Crippen molar-refractivity contribution in [2.24, 2.45) is 11.8 Å². The molecule has 0 spiro atoms. The molecule has 0 saturated carbocycles. The molecule has 0 bridgehead atoms. The zero-order chi connectivity index (χ0) is 25.3. The summed E-state index contributed by atoms with van der Waals surface area (Å²) in [6.07, 6.45) is 10.2. The standard InChI is InChI=1S/C28H60N2O4/c1-25(2)23-33-17-12-10-8-7-9-11-15-29-27(5)13-14-28(6)30-16-18-31-19-20-32-21-22-34-24-26(3)4/h25-30H,7-24H2,1-6H3. The number of nitrogens with one attached hydrogen (secondary N) is 2. The Labute approximate surface area is 212 Å². The van der Waals surface area contributed by atoms with Crippen molar-refractivity contribution in [1.82, 2.24) is 10.6 Å². The first-order valence-corrected chi connectivity index (χ1v) is 14.2. The third-order valence-electron chi connectivity index (χ3n) is 5.63. The predicted octanol–water partition coefficient (Wildman–Crippen LogP) is 5.44. The van der Waals surface area contributed by atoms with E-state index in [0.29, 0.717) is 50.3 Å². The first-order valence-electron chi connectivity index (χ1n) is 14.2. The summed E-state index contributed by atoms with van der Waals surface area (Å²) in [7, 11) is 0. The van der Waals surface area contributed by atoms with Crippen molar-refractivity contribution >= 4 is 0 Å². The molecule has 0 aliphatic carbocycles. The lowest BCUT2D eigenvalue weighted by atomic mass is 10.1. The van der Waals surface area contributed by atoms with Crippen LogP contribution in [0, 0.1) is 11.8 Å². The van der Waals surface area contributed by atoms with Gasteiger partial charge in [0, 0.05) is 38.4 Å². The van der Waals surface area contributed by atoms with Gasteiger partial charge >= 0.3 is 0 Å². The predicted molar refractivity (Wildman–Crippen MR) is 145 cm³/mol. The molecule has 2 unspecified atom stereocenters. The summed E-state index contributed by atoms with van der Waals surface area (Å²) < 4.78 is 22.3. The highest BCUT2D eigenvalue weighted by atomic mass is 16.5. The number of hydrogen-bond donors (Lipinski definition) is 2. The van der Waals surface area contributed by atoms with E-state index in [9.17, 15) is 0 Å². The Balaban J connectivity index is 3.30. The third-order valence-corrected chi connectivity index (χ3v) is 5.63. The molecule has 0 fully saturated rings. The molecule has 0 aromatic carbocycles. The molecule has 2 atom stereocenters. The Hall–Kier alpha value is -0.240. The Kier molecular flexibility index (Phi) is 25.7. The summed E-state index contributed by atoms with van der Waals surface area (Å²) in [6.45, 7) is 21.3. The van der Waals surface area contributed by atoms with E-state index in [-0.39, 0.29) is 0 Å². The first-order chi connectivity index (χ1) is 16.4. The van der Waals surface area contributed by atoms with Crippen molar-refractivity contribution in [1.29, 1.82) is 0 Å². The van der Waals surface area contributed by atoms with E-state index in [2.05, 4.69) is 52.2 Å². The highest BCUT2D eigenvalue weighted by Gasteiger charge is 2.06. The highest BCUT2D eigenvalue weighted by Crippen LogP contribution is 2.07. The summed E-state index contributed by atoms with van der Waals surface area (Å²) >= 11 is 0. The SMILES string of the molecule is CC(C)COCCCCCCCCNC(C)CCC(C)NCCOCCOCCOCC(C)C.